The first-order chi connectivity index (χ1) is 7.43. The van der Waals surface area contributed by atoms with E-state index in [1.807, 2.05) is 12.3 Å². The molecule has 4 nitrogen and oxygen atoms in total. The molecule has 0 bridgehead atoms. The summed E-state index contributed by atoms with van der Waals surface area (Å²) in [6.07, 6.45) is 4.52. The molecule has 15 heavy (non-hydrogen) atoms. The van der Waals surface area contributed by atoms with Gasteiger partial charge in [0.1, 0.15) is 0 Å². The second-order valence-electron chi connectivity index (χ2n) is 3.60. The van der Waals surface area contributed by atoms with Crippen LogP contribution in [0.3, 0.4) is 0 Å². The summed E-state index contributed by atoms with van der Waals surface area (Å²) in [5, 5.41) is 7.77. The number of nitrogens with zero attached hydrogens (tertiary/aromatic N) is 3. The van der Waals surface area contributed by atoms with E-state index in [2.05, 4.69) is 22.4 Å². The van der Waals surface area contributed by atoms with Crippen LogP contribution >= 0.6 is 0 Å². The van der Waals surface area contributed by atoms with Gasteiger partial charge in [-0.05, 0) is 29.7 Å². The van der Waals surface area contributed by atoms with Gasteiger partial charge >= 0.3 is 0 Å². The van der Waals surface area contributed by atoms with E-state index in [0.717, 1.165) is 25.3 Å². The number of rotatable bonds is 1. The maximum atomic E-state index is 5.39. The monoisotopic (exact) mass is 201 g/mol. The summed E-state index contributed by atoms with van der Waals surface area (Å²) in [5.74, 6) is 0. The van der Waals surface area contributed by atoms with Crippen molar-refractivity contribution in [3.8, 4) is 5.69 Å². The van der Waals surface area contributed by atoms with Gasteiger partial charge < -0.3 is 4.74 Å². The maximum Gasteiger partial charge on any atom is 0.0719 e. The van der Waals surface area contributed by atoms with Gasteiger partial charge in [0.2, 0.25) is 0 Å². The number of benzene rings is 1. The Balaban J connectivity index is 2.04. The van der Waals surface area contributed by atoms with Crippen LogP contribution in [0.2, 0.25) is 0 Å². The Labute approximate surface area is 87.5 Å². The number of aromatic nitrogens is 3. The topological polar surface area (TPSA) is 39.9 Å². The van der Waals surface area contributed by atoms with Crippen molar-refractivity contribution in [2.24, 2.45) is 0 Å². The molecular weight excluding hydrogens is 190 g/mol. The smallest absolute Gasteiger partial charge is 0.0719 e. The molecule has 0 saturated carbocycles. The van der Waals surface area contributed by atoms with Gasteiger partial charge in [0.25, 0.3) is 0 Å². The first-order valence-corrected chi connectivity index (χ1v) is 5.00. The summed E-state index contributed by atoms with van der Waals surface area (Å²) in [7, 11) is 0. The van der Waals surface area contributed by atoms with Crippen molar-refractivity contribution in [1.29, 1.82) is 0 Å². The molecule has 1 aromatic carbocycles. The highest BCUT2D eigenvalue weighted by Crippen LogP contribution is 2.19. The Morgan fingerprint density at radius 2 is 2.27 bits per heavy atom. The molecule has 2 heterocycles. The van der Waals surface area contributed by atoms with Gasteiger partial charge in [-0.2, -0.15) is 0 Å². The molecule has 1 aliphatic rings. The van der Waals surface area contributed by atoms with Crippen molar-refractivity contribution in [1.82, 2.24) is 15.0 Å². The van der Waals surface area contributed by atoms with Crippen LogP contribution in [0.4, 0.5) is 0 Å². The van der Waals surface area contributed by atoms with Gasteiger partial charge in [-0.25, -0.2) is 4.68 Å². The summed E-state index contributed by atoms with van der Waals surface area (Å²) in [6, 6.07) is 6.31. The minimum absolute atomic E-state index is 0.729. The third-order valence-electron chi connectivity index (χ3n) is 2.65. The minimum Gasteiger partial charge on any atom is -0.376 e. The first kappa shape index (κ1) is 8.61. The average molecular weight is 201 g/mol. The third kappa shape index (κ3) is 1.53. The van der Waals surface area contributed by atoms with E-state index in [4.69, 9.17) is 4.74 Å². The Morgan fingerprint density at radius 3 is 3.13 bits per heavy atom. The SMILES string of the molecule is c1cn(-c2ccc3c(c2)CCOC3)nn1. The molecule has 0 aliphatic carbocycles. The zero-order valence-electron chi connectivity index (χ0n) is 8.26. The van der Waals surface area contributed by atoms with E-state index < -0.39 is 0 Å². The van der Waals surface area contributed by atoms with Crippen LogP contribution in [0.25, 0.3) is 5.69 Å². The molecule has 0 spiro atoms. The third-order valence-corrected chi connectivity index (χ3v) is 2.65. The summed E-state index contributed by atoms with van der Waals surface area (Å²) in [5.41, 5.74) is 3.70. The zero-order valence-corrected chi connectivity index (χ0v) is 8.26. The van der Waals surface area contributed by atoms with Crippen molar-refractivity contribution in [3.63, 3.8) is 0 Å². The van der Waals surface area contributed by atoms with Crippen molar-refractivity contribution >= 4 is 0 Å². The van der Waals surface area contributed by atoms with Crippen molar-refractivity contribution in [3.05, 3.63) is 41.7 Å². The molecule has 0 atom stereocenters. The van der Waals surface area contributed by atoms with Crippen LogP contribution < -0.4 is 0 Å². The van der Waals surface area contributed by atoms with Gasteiger partial charge in [-0.3, -0.25) is 0 Å². The highest BCUT2D eigenvalue weighted by molar-refractivity contribution is 5.40. The molecule has 0 saturated heterocycles. The van der Waals surface area contributed by atoms with Crippen LogP contribution in [-0.2, 0) is 17.8 Å². The van der Waals surface area contributed by atoms with Crippen LogP contribution in [-0.4, -0.2) is 21.6 Å². The lowest BCUT2D eigenvalue weighted by Gasteiger charge is -2.16. The fourth-order valence-electron chi connectivity index (χ4n) is 1.84. The highest BCUT2D eigenvalue weighted by Gasteiger charge is 2.10. The molecule has 2 aromatic rings. The standard InChI is InChI=1S/C11H11N3O/c1-2-11(14-5-4-12-13-14)7-9-3-6-15-8-10(1)9/h1-2,4-5,7H,3,6,8H2. The van der Waals surface area contributed by atoms with Crippen LogP contribution in [0.5, 0.6) is 0 Å². The molecule has 0 unspecified atom stereocenters. The second-order valence-corrected chi connectivity index (χ2v) is 3.60. The lowest BCUT2D eigenvalue weighted by molar-refractivity contribution is 0.111. The Kier molecular flexibility index (Phi) is 1.99. The molecule has 4 heteroatoms. The number of fused-ring (bicyclic) bond motifs is 1. The van der Waals surface area contributed by atoms with Crippen molar-refractivity contribution < 1.29 is 4.74 Å². The predicted octanol–water partition coefficient (Wildman–Crippen LogP) is 1.34. The normalized spacial score (nSPS) is 14.9. The van der Waals surface area contributed by atoms with Gasteiger partial charge in [-0.15, -0.1) is 5.10 Å². The van der Waals surface area contributed by atoms with Crippen molar-refractivity contribution in [2.75, 3.05) is 6.61 Å². The largest absolute Gasteiger partial charge is 0.376 e. The van der Waals surface area contributed by atoms with Gasteiger partial charge in [0, 0.05) is 0 Å². The van der Waals surface area contributed by atoms with E-state index in [9.17, 15) is 0 Å². The van der Waals surface area contributed by atoms with E-state index >= 15 is 0 Å². The average Bonchev–Trinajstić information content (AvgIpc) is 2.82. The zero-order chi connectivity index (χ0) is 10.1. The first-order valence-electron chi connectivity index (χ1n) is 5.00. The number of hydrogen-bond acceptors (Lipinski definition) is 3. The molecule has 0 amide bonds. The second kappa shape index (κ2) is 3.47. The fourth-order valence-corrected chi connectivity index (χ4v) is 1.84. The minimum atomic E-state index is 0.729. The summed E-state index contributed by atoms with van der Waals surface area (Å²) in [4.78, 5) is 0. The van der Waals surface area contributed by atoms with Crippen molar-refractivity contribution in [2.45, 2.75) is 13.0 Å². The molecule has 0 radical (unpaired) electrons. The summed E-state index contributed by atoms with van der Waals surface area (Å²) >= 11 is 0. The van der Waals surface area contributed by atoms with Crippen LogP contribution in [0.1, 0.15) is 11.1 Å². The molecule has 0 fully saturated rings. The van der Waals surface area contributed by atoms with Gasteiger partial charge in [-0.1, -0.05) is 11.3 Å². The summed E-state index contributed by atoms with van der Waals surface area (Å²) < 4.78 is 7.17. The maximum absolute atomic E-state index is 5.39. The van der Waals surface area contributed by atoms with E-state index in [0.29, 0.717) is 0 Å². The number of ether oxygens (including phenoxy) is 1. The quantitative estimate of drug-likeness (QED) is 0.699. The number of hydrogen-bond donors (Lipinski definition) is 0. The Hall–Kier alpha value is -1.68. The van der Waals surface area contributed by atoms with Crippen LogP contribution in [0.15, 0.2) is 30.6 Å². The summed E-state index contributed by atoms with van der Waals surface area (Å²) in [6.45, 7) is 1.54. The van der Waals surface area contributed by atoms with E-state index in [-0.39, 0.29) is 0 Å². The Bertz CT molecular complexity index is 465. The molecule has 76 valence electrons. The van der Waals surface area contributed by atoms with Gasteiger partial charge in [0.15, 0.2) is 0 Å². The fraction of sp³-hybridized carbons (Fsp3) is 0.273. The predicted molar refractivity (Wildman–Crippen MR) is 54.7 cm³/mol. The van der Waals surface area contributed by atoms with E-state index in [1.54, 1.807) is 10.9 Å². The molecule has 1 aliphatic heterocycles. The highest BCUT2D eigenvalue weighted by atomic mass is 16.5. The molecule has 0 N–H and O–H groups in total. The van der Waals surface area contributed by atoms with Gasteiger partial charge in [0.05, 0.1) is 31.3 Å². The Morgan fingerprint density at radius 1 is 1.27 bits per heavy atom. The molecule has 1 aromatic heterocycles. The molecule has 3 rings (SSSR count). The van der Waals surface area contributed by atoms with E-state index in [1.165, 1.54) is 11.1 Å². The molecular formula is C11H11N3O. The lowest BCUT2D eigenvalue weighted by Crippen LogP contribution is -2.10. The lowest BCUT2D eigenvalue weighted by atomic mass is 10.0. The van der Waals surface area contributed by atoms with Crippen LogP contribution in [0, 0.1) is 0 Å².